The maximum absolute atomic E-state index is 17.4. The Morgan fingerprint density at radius 2 is 1.55 bits per heavy atom. The smallest absolute Gasteiger partial charge is 0.410 e. The molecule has 4 N–H and O–H groups in total. The van der Waals surface area contributed by atoms with Crippen molar-refractivity contribution in [2.75, 3.05) is 88.4 Å². The topological polar surface area (TPSA) is 248 Å². The van der Waals surface area contributed by atoms with Crippen molar-refractivity contribution >= 4 is 68.5 Å². The van der Waals surface area contributed by atoms with Gasteiger partial charge in [0.2, 0.25) is 11.8 Å². The van der Waals surface area contributed by atoms with Gasteiger partial charge in [-0.05, 0) is 131 Å². The number of nitrogens with one attached hydrogen (secondary N) is 2. The molecule has 9 heterocycles. The first-order chi connectivity index (χ1) is 45.0. The number of fused-ring (bicyclic) bond motifs is 4. The second-order valence-electron chi connectivity index (χ2n) is 28.0. The number of β-amino-alcohol motifs (C(OH)–C–C–N with tert-alkyl or cyclic N) is 1. The summed E-state index contributed by atoms with van der Waals surface area (Å²) in [6.45, 7) is 24.8. The lowest BCUT2D eigenvalue weighted by molar-refractivity contribution is -0.142. The number of likely N-dealkylation sites (tertiary alicyclic amines) is 2. The fraction of sp³-hybridized carbons (Fsp3) is 0.514. The number of pyridine rings is 1. The Balaban J connectivity index is 0.631. The van der Waals surface area contributed by atoms with Gasteiger partial charge in [-0.1, -0.05) is 70.2 Å². The van der Waals surface area contributed by atoms with E-state index in [-0.39, 0.29) is 78.4 Å². The molecular weight excluding hydrogens is 1220 g/mol. The lowest BCUT2D eigenvalue weighted by Gasteiger charge is -2.42. The van der Waals surface area contributed by atoms with Crippen molar-refractivity contribution in [3.8, 4) is 33.5 Å². The molecule has 0 aliphatic carbocycles. The van der Waals surface area contributed by atoms with Crippen molar-refractivity contribution in [2.45, 2.75) is 143 Å². The monoisotopic (exact) mass is 1300 g/mol. The number of hydrogen-bond acceptors (Lipinski definition) is 19. The number of anilines is 2. The number of nitrogens with zero attached hydrogens (tertiary/aromatic N) is 12. The molecule has 5 fully saturated rings. The lowest BCUT2D eigenvalue weighted by Crippen LogP contribution is -2.58. The van der Waals surface area contributed by atoms with E-state index >= 15 is 4.39 Å². The summed E-state index contributed by atoms with van der Waals surface area (Å²) in [5.74, 6) is -0.380. The summed E-state index contributed by atoms with van der Waals surface area (Å²) in [5.41, 5.74) is 4.98. The number of amides is 4. The molecule has 6 atom stereocenters. The summed E-state index contributed by atoms with van der Waals surface area (Å²) in [6, 6.07) is 14.5. The lowest BCUT2D eigenvalue weighted by atomic mass is 9.85. The van der Waals surface area contributed by atoms with Gasteiger partial charge in [0.25, 0.3) is 5.91 Å². The molecule has 0 saturated carbocycles. The Morgan fingerprint density at radius 1 is 0.819 bits per heavy atom. The van der Waals surface area contributed by atoms with Gasteiger partial charge in [-0.15, -0.1) is 11.3 Å². The number of ether oxygens (including phenoxy) is 2. The third kappa shape index (κ3) is 14.3. The number of rotatable bonds is 17. The molecule has 3 aromatic carbocycles. The SMILES string of the molecule is CCc1cccc2cc(O)cc(-c3ncc4c(N5CC6CCC(C5)N6C(=O)OC(C)(C)C)nc(OCCN5CCC(CN6CCN(c7cnc(C(=O)N[C@H](C(=O)N8C[C@H](O)C[C@H]8C(=O)N[C@@H](C)c8ccc(-c9scnc9C)cc8)C(C)(C)C)cn7)CC6)CC5)nc4c3F)c12. The van der Waals surface area contributed by atoms with Crippen LogP contribution in [0.5, 0.6) is 11.8 Å². The van der Waals surface area contributed by atoms with E-state index in [4.69, 9.17) is 24.4 Å². The van der Waals surface area contributed by atoms with Crippen molar-refractivity contribution in [2.24, 2.45) is 11.3 Å². The third-order valence-corrected chi connectivity index (χ3v) is 20.2. The van der Waals surface area contributed by atoms with Crippen LogP contribution in [0.25, 0.3) is 43.4 Å². The Bertz CT molecular complexity index is 3910. The molecule has 4 aromatic heterocycles. The number of halogens is 1. The van der Waals surface area contributed by atoms with E-state index in [2.05, 4.69) is 45.2 Å². The van der Waals surface area contributed by atoms with E-state index in [0.29, 0.717) is 54.6 Å². The quantitative estimate of drug-likeness (QED) is 0.0664. The number of phenolic OH excluding ortho intramolecular Hbond substituents is 1. The van der Waals surface area contributed by atoms with Crippen molar-refractivity contribution in [3.05, 3.63) is 107 Å². The standard InChI is InChI=1S/C70H87FN14O8S/c1-10-44-12-11-13-47-30-50(86)31-52(57(44)47)59-58(71)60-53(33-74-59)63(83-37-48-18-19-49(38-83)85(48)68(91)93-70(7,8)9)79-67(77-60)92-29-28-80-22-20-43(21-23-80)36-81-24-26-82(27-25-81)56-35-72-54(34-73-56)64(88)78-62(69(4,5)6)66(90)84-39-51(87)32-55(84)65(89)76-41(2)45-14-16-46(17-15-45)61-42(3)75-40-94-61/h11-17,30-31,33-35,40-41,43,48-49,51,55,62,86-87H,10,18-29,32,36-39H2,1-9H3,(H,76,89)(H,78,88)/t41-,48?,49?,51+,55-,62+/m0/s1. The summed E-state index contributed by atoms with van der Waals surface area (Å²) in [4.78, 5) is 97.1. The van der Waals surface area contributed by atoms with Crippen LogP contribution in [0.1, 0.15) is 121 Å². The summed E-state index contributed by atoms with van der Waals surface area (Å²) >= 11 is 1.57. The van der Waals surface area contributed by atoms with E-state index in [1.54, 1.807) is 35.9 Å². The third-order valence-electron chi connectivity index (χ3n) is 19.2. The number of aliphatic hydroxyl groups excluding tert-OH is 1. The Kier molecular flexibility index (Phi) is 19.1. The normalized spacial score (nSPS) is 20.6. The zero-order chi connectivity index (χ0) is 66.3. The Labute approximate surface area is 552 Å². The summed E-state index contributed by atoms with van der Waals surface area (Å²) in [5, 5.41) is 29.7. The van der Waals surface area contributed by atoms with Crippen LogP contribution < -0.4 is 25.2 Å². The highest BCUT2D eigenvalue weighted by Crippen LogP contribution is 2.41. The maximum atomic E-state index is 17.4. The van der Waals surface area contributed by atoms with Gasteiger partial charge < -0.3 is 45.0 Å². The number of piperazine rings is 2. The van der Waals surface area contributed by atoms with Gasteiger partial charge in [-0.3, -0.25) is 34.1 Å². The summed E-state index contributed by atoms with van der Waals surface area (Å²) in [7, 11) is 0. The molecule has 2 bridgehead atoms. The highest BCUT2D eigenvalue weighted by Gasteiger charge is 2.47. The van der Waals surface area contributed by atoms with E-state index < -0.39 is 46.8 Å². The zero-order valence-corrected chi connectivity index (χ0v) is 56.1. The average molecular weight is 1300 g/mol. The molecule has 2 unspecified atom stereocenters. The minimum Gasteiger partial charge on any atom is -0.508 e. The van der Waals surface area contributed by atoms with Crippen molar-refractivity contribution < 1.29 is 43.3 Å². The second kappa shape index (κ2) is 27.3. The van der Waals surface area contributed by atoms with Crippen LogP contribution in [0.2, 0.25) is 0 Å². The molecule has 5 aliphatic heterocycles. The molecule has 7 aromatic rings. The van der Waals surface area contributed by atoms with E-state index in [1.165, 1.54) is 11.1 Å². The number of benzene rings is 3. The largest absolute Gasteiger partial charge is 0.508 e. The number of aromatic nitrogens is 6. The van der Waals surface area contributed by atoms with E-state index in [0.717, 1.165) is 110 Å². The fourth-order valence-electron chi connectivity index (χ4n) is 14.2. The first-order valence-corrected chi connectivity index (χ1v) is 34.0. The van der Waals surface area contributed by atoms with Crippen molar-refractivity contribution in [1.82, 2.24) is 60.1 Å². The Hall–Kier alpha value is -8.19. The van der Waals surface area contributed by atoms with Crippen LogP contribution in [0.3, 0.4) is 0 Å². The molecule has 498 valence electrons. The maximum Gasteiger partial charge on any atom is 0.410 e. The highest BCUT2D eigenvalue weighted by molar-refractivity contribution is 7.13. The van der Waals surface area contributed by atoms with Gasteiger partial charge >= 0.3 is 12.1 Å². The number of thiazole rings is 1. The first-order valence-electron chi connectivity index (χ1n) is 33.1. The van der Waals surface area contributed by atoms with Crippen molar-refractivity contribution in [1.29, 1.82) is 0 Å². The number of aryl methyl sites for hydroxylation is 2. The van der Waals surface area contributed by atoms with Gasteiger partial charge in [-0.25, -0.2) is 24.1 Å². The van der Waals surface area contributed by atoms with Gasteiger partial charge in [0, 0.05) is 77.1 Å². The molecule has 0 spiro atoms. The van der Waals surface area contributed by atoms with Gasteiger partial charge in [0.15, 0.2) is 5.82 Å². The molecular formula is C70H87FN14O8S. The van der Waals surface area contributed by atoms with Crippen LogP contribution >= 0.6 is 11.3 Å². The number of hydrogen-bond donors (Lipinski definition) is 4. The fourth-order valence-corrected chi connectivity index (χ4v) is 15.0. The molecule has 22 nitrogen and oxygen atoms in total. The first kappa shape index (κ1) is 65.9. The number of carbonyl (C=O) groups is 4. The Morgan fingerprint density at radius 3 is 2.21 bits per heavy atom. The molecule has 0 radical (unpaired) electrons. The molecule has 12 rings (SSSR count). The summed E-state index contributed by atoms with van der Waals surface area (Å²) in [6.07, 6.45) is 7.84. The van der Waals surface area contributed by atoms with E-state index in [9.17, 15) is 29.4 Å². The predicted octanol–water partition coefficient (Wildman–Crippen LogP) is 8.96. The van der Waals surface area contributed by atoms with E-state index in [1.807, 2.05) is 115 Å². The summed E-state index contributed by atoms with van der Waals surface area (Å²) < 4.78 is 29.6. The number of phenols is 1. The van der Waals surface area contributed by atoms with Gasteiger partial charge in [-0.2, -0.15) is 9.97 Å². The molecule has 5 saturated heterocycles. The van der Waals surface area contributed by atoms with Gasteiger partial charge in [0.05, 0.1) is 58.1 Å². The molecule has 24 heteroatoms. The number of aliphatic hydroxyl groups is 1. The number of aromatic hydroxyl groups is 1. The zero-order valence-electron chi connectivity index (χ0n) is 55.3. The minimum absolute atomic E-state index is 0.00462. The van der Waals surface area contributed by atoms with Crippen molar-refractivity contribution in [3.63, 3.8) is 0 Å². The molecule has 94 heavy (non-hydrogen) atoms. The van der Waals surface area contributed by atoms with Crippen LogP contribution in [0.15, 0.2) is 78.7 Å². The molecule has 4 amide bonds. The second-order valence-corrected chi connectivity index (χ2v) is 28.9. The van der Waals surface area contributed by atoms with Crippen LogP contribution in [-0.4, -0.2) is 198 Å². The van der Waals surface area contributed by atoms with Crippen LogP contribution in [-0.2, 0) is 20.7 Å². The number of piperidine rings is 1. The molecule has 5 aliphatic rings. The average Bonchev–Trinajstić information content (AvgIpc) is 0.886. The highest BCUT2D eigenvalue weighted by atomic mass is 32.1. The van der Waals surface area contributed by atoms with Crippen LogP contribution in [0, 0.1) is 24.1 Å². The van der Waals surface area contributed by atoms with Gasteiger partial charge in [0.1, 0.15) is 58.6 Å². The minimum atomic E-state index is -1.04. The number of carbonyl (C=O) groups excluding carboxylic acids is 4. The van der Waals surface area contributed by atoms with Crippen LogP contribution in [0.4, 0.5) is 20.8 Å². The predicted molar refractivity (Wildman–Crippen MR) is 359 cm³/mol.